The van der Waals surface area contributed by atoms with E-state index in [-0.39, 0.29) is 24.1 Å². The van der Waals surface area contributed by atoms with Crippen molar-refractivity contribution in [3.05, 3.63) is 59.2 Å². The predicted molar refractivity (Wildman–Crippen MR) is 107 cm³/mol. The first-order chi connectivity index (χ1) is 14.8. The fourth-order valence-corrected chi connectivity index (χ4v) is 3.45. The lowest BCUT2D eigenvalue weighted by Gasteiger charge is -2.18. The van der Waals surface area contributed by atoms with Crippen molar-refractivity contribution in [3.63, 3.8) is 0 Å². The van der Waals surface area contributed by atoms with Crippen molar-refractivity contribution in [1.82, 2.24) is 10.6 Å². The van der Waals surface area contributed by atoms with Gasteiger partial charge in [-0.15, -0.1) is 0 Å². The number of methoxy groups -OCH3 is 1. The molecule has 166 valence electrons. The van der Waals surface area contributed by atoms with E-state index in [0.29, 0.717) is 6.07 Å². The van der Waals surface area contributed by atoms with Gasteiger partial charge in [0.2, 0.25) is 0 Å². The molecule has 3 amide bonds. The maximum atomic E-state index is 13.6. The van der Waals surface area contributed by atoms with Crippen LogP contribution < -0.4 is 20.1 Å². The summed E-state index contributed by atoms with van der Waals surface area (Å²) in [6.45, 7) is 0.0613. The molecule has 31 heavy (non-hydrogen) atoms. The molecule has 1 saturated carbocycles. The third kappa shape index (κ3) is 5.90. The van der Waals surface area contributed by atoms with Crippen LogP contribution in [0.25, 0.3) is 0 Å². The first kappa shape index (κ1) is 22.5. The Morgan fingerprint density at radius 3 is 2.35 bits per heavy atom. The number of rotatable bonds is 6. The van der Waals surface area contributed by atoms with Crippen molar-refractivity contribution in [1.29, 1.82) is 0 Å². The van der Waals surface area contributed by atoms with Crippen LogP contribution in [-0.4, -0.2) is 25.1 Å². The number of nitrogens with one attached hydrogen (secondary N) is 2. The van der Waals surface area contributed by atoms with E-state index in [4.69, 9.17) is 9.47 Å². The zero-order valence-electron chi connectivity index (χ0n) is 16.9. The Balaban J connectivity index is 1.84. The molecular formula is C22H23F3N2O4. The molecule has 2 aromatic carbocycles. The van der Waals surface area contributed by atoms with Crippen molar-refractivity contribution in [3.8, 4) is 11.5 Å². The highest BCUT2D eigenvalue weighted by Gasteiger charge is 2.37. The van der Waals surface area contributed by atoms with Gasteiger partial charge in [-0.2, -0.15) is 13.2 Å². The predicted octanol–water partition coefficient (Wildman–Crippen LogP) is 4.68. The Labute approximate surface area is 177 Å². The van der Waals surface area contributed by atoms with Crippen molar-refractivity contribution in [2.24, 2.45) is 0 Å². The number of alkyl halides is 3. The van der Waals surface area contributed by atoms with Crippen molar-refractivity contribution in [2.75, 3.05) is 7.11 Å². The zero-order chi connectivity index (χ0) is 22.4. The smallest absolute Gasteiger partial charge is 0.417 e. The summed E-state index contributed by atoms with van der Waals surface area (Å²) in [5.41, 5.74) is -1.16. The third-order valence-corrected chi connectivity index (χ3v) is 5.01. The second kappa shape index (κ2) is 9.72. The maximum Gasteiger partial charge on any atom is 0.417 e. The van der Waals surface area contributed by atoms with Crippen LogP contribution in [0.5, 0.6) is 11.5 Å². The number of amides is 3. The molecule has 1 fully saturated rings. The number of hydrogen-bond acceptors (Lipinski definition) is 4. The van der Waals surface area contributed by atoms with E-state index < -0.39 is 29.2 Å². The first-order valence-electron chi connectivity index (χ1n) is 9.85. The van der Waals surface area contributed by atoms with Gasteiger partial charge in [0.05, 0.1) is 18.2 Å². The van der Waals surface area contributed by atoms with E-state index in [1.165, 1.54) is 7.11 Å². The van der Waals surface area contributed by atoms with Crippen LogP contribution in [0.15, 0.2) is 42.5 Å². The molecule has 9 heteroatoms. The lowest BCUT2D eigenvalue weighted by molar-refractivity contribution is -0.138. The Morgan fingerprint density at radius 1 is 1.06 bits per heavy atom. The van der Waals surface area contributed by atoms with Gasteiger partial charge in [0.1, 0.15) is 6.61 Å². The van der Waals surface area contributed by atoms with Crippen molar-refractivity contribution < 1.29 is 32.2 Å². The highest BCUT2D eigenvalue weighted by molar-refractivity contribution is 6.05. The van der Waals surface area contributed by atoms with Gasteiger partial charge in [0, 0.05) is 6.04 Å². The molecule has 0 atom stereocenters. The lowest BCUT2D eigenvalue weighted by atomic mass is 10.0. The van der Waals surface area contributed by atoms with Gasteiger partial charge < -0.3 is 14.8 Å². The minimum Gasteiger partial charge on any atom is -0.493 e. The molecule has 1 aliphatic carbocycles. The number of halogens is 3. The minimum absolute atomic E-state index is 0.0410. The average molecular weight is 436 g/mol. The molecule has 0 radical (unpaired) electrons. The average Bonchev–Trinajstić information content (AvgIpc) is 3.24. The summed E-state index contributed by atoms with van der Waals surface area (Å²) in [5.74, 6) is -1.38. The largest absolute Gasteiger partial charge is 0.493 e. The van der Waals surface area contributed by atoms with Crippen molar-refractivity contribution >= 4 is 11.9 Å². The van der Waals surface area contributed by atoms with Crippen LogP contribution in [0.3, 0.4) is 0 Å². The number of urea groups is 1. The van der Waals surface area contributed by atoms with E-state index >= 15 is 0 Å². The van der Waals surface area contributed by atoms with Gasteiger partial charge in [-0.25, -0.2) is 4.79 Å². The molecule has 0 spiro atoms. The summed E-state index contributed by atoms with van der Waals surface area (Å²) >= 11 is 0. The molecule has 0 heterocycles. The molecule has 3 rings (SSSR count). The number of benzene rings is 2. The van der Waals surface area contributed by atoms with E-state index in [9.17, 15) is 22.8 Å². The van der Waals surface area contributed by atoms with Crippen LogP contribution in [-0.2, 0) is 12.8 Å². The quantitative estimate of drug-likeness (QED) is 0.690. The Morgan fingerprint density at radius 2 is 1.74 bits per heavy atom. The van der Waals surface area contributed by atoms with Gasteiger partial charge >= 0.3 is 12.2 Å². The normalized spacial score (nSPS) is 14.2. The Kier molecular flexibility index (Phi) is 7.04. The fourth-order valence-electron chi connectivity index (χ4n) is 3.45. The summed E-state index contributed by atoms with van der Waals surface area (Å²) in [4.78, 5) is 24.6. The maximum absolute atomic E-state index is 13.6. The van der Waals surface area contributed by atoms with Crippen LogP contribution in [0.4, 0.5) is 18.0 Å². The summed E-state index contributed by atoms with van der Waals surface area (Å²) in [6, 6.07) is 9.72. The van der Waals surface area contributed by atoms with Crippen LogP contribution >= 0.6 is 0 Å². The molecule has 0 bridgehead atoms. The molecule has 0 aliphatic heterocycles. The van der Waals surface area contributed by atoms with E-state index in [0.717, 1.165) is 37.3 Å². The van der Waals surface area contributed by atoms with Gasteiger partial charge in [-0.1, -0.05) is 43.2 Å². The summed E-state index contributed by atoms with van der Waals surface area (Å²) in [7, 11) is 1.21. The monoisotopic (exact) mass is 436 g/mol. The zero-order valence-corrected chi connectivity index (χ0v) is 16.9. The van der Waals surface area contributed by atoms with E-state index in [1.807, 2.05) is 11.4 Å². The Hall–Kier alpha value is -3.23. The van der Waals surface area contributed by atoms with Gasteiger partial charge in [0.15, 0.2) is 11.5 Å². The van der Waals surface area contributed by atoms with Crippen molar-refractivity contribution in [2.45, 2.75) is 44.5 Å². The first-order valence-corrected chi connectivity index (χ1v) is 9.85. The number of hydrogen-bond donors (Lipinski definition) is 2. The SMILES string of the molecule is COc1cc(C(F)(F)F)c(C(=O)NC(=O)NC2CCCC2)cc1OCc1ccccc1. The summed E-state index contributed by atoms with van der Waals surface area (Å²) < 4.78 is 51.4. The molecule has 0 aromatic heterocycles. The molecule has 0 unspecified atom stereocenters. The van der Waals surface area contributed by atoms with Gasteiger partial charge in [-0.3, -0.25) is 10.1 Å². The number of imide groups is 1. The second-order valence-electron chi connectivity index (χ2n) is 7.23. The van der Waals surface area contributed by atoms with Crippen LogP contribution in [0.2, 0.25) is 0 Å². The molecule has 2 N–H and O–H groups in total. The standard InChI is InChI=1S/C22H23F3N2O4/c1-30-18-12-17(22(23,24)25)16(11-19(18)31-13-14-7-3-2-4-8-14)20(28)27-21(29)26-15-9-5-6-10-15/h2-4,7-8,11-12,15H,5-6,9-10,13H2,1H3,(H2,26,27,28,29). The minimum atomic E-state index is -4.83. The number of carbonyl (C=O) groups is 2. The lowest BCUT2D eigenvalue weighted by Crippen LogP contribution is -2.44. The number of ether oxygens (including phenoxy) is 2. The number of carbonyl (C=O) groups excluding carboxylic acids is 2. The second-order valence-corrected chi connectivity index (χ2v) is 7.23. The molecular weight excluding hydrogens is 413 g/mol. The topological polar surface area (TPSA) is 76.7 Å². The molecule has 6 nitrogen and oxygen atoms in total. The Bertz CT molecular complexity index is 926. The van der Waals surface area contributed by atoms with Crippen LogP contribution in [0, 0.1) is 0 Å². The molecule has 1 aliphatic rings. The highest BCUT2D eigenvalue weighted by Crippen LogP contribution is 2.39. The summed E-state index contributed by atoms with van der Waals surface area (Å²) in [6.07, 6.45) is -1.37. The summed E-state index contributed by atoms with van der Waals surface area (Å²) in [5, 5.41) is 4.60. The molecule has 2 aromatic rings. The third-order valence-electron chi connectivity index (χ3n) is 5.01. The van der Waals surface area contributed by atoms with Crippen LogP contribution in [0.1, 0.15) is 47.2 Å². The molecule has 0 saturated heterocycles. The van der Waals surface area contributed by atoms with E-state index in [1.54, 1.807) is 24.3 Å². The highest BCUT2D eigenvalue weighted by atomic mass is 19.4. The van der Waals surface area contributed by atoms with Gasteiger partial charge in [-0.05, 0) is 30.5 Å². The van der Waals surface area contributed by atoms with Gasteiger partial charge in [0.25, 0.3) is 5.91 Å². The van der Waals surface area contributed by atoms with E-state index in [2.05, 4.69) is 5.32 Å². The fraction of sp³-hybridized carbons (Fsp3) is 0.364.